The molecule has 6 nitrogen and oxygen atoms in total. The summed E-state index contributed by atoms with van der Waals surface area (Å²) >= 11 is 0. The zero-order valence-electron chi connectivity index (χ0n) is 15.4. The predicted octanol–water partition coefficient (Wildman–Crippen LogP) is 1.55. The van der Waals surface area contributed by atoms with Gasteiger partial charge in [0.15, 0.2) is 0 Å². The molecule has 138 valence electrons. The first-order chi connectivity index (χ1) is 12.8. The summed E-state index contributed by atoms with van der Waals surface area (Å²) in [6.07, 6.45) is 3.59. The van der Waals surface area contributed by atoms with Gasteiger partial charge in [0.05, 0.1) is 23.1 Å². The highest BCUT2D eigenvalue weighted by molar-refractivity contribution is 5.95. The van der Waals surface area contributed by atoms with Crippen LogP contribution in [0.5, 0.6) is 0 Å². The topological polar surface area (TPSA) is 53.4 Å². The number of nitrogens with zero attached hydrogens (tertiary/aromatic N) is 4. The Labute approximate surface area is 154 Å². The number of amides is 1. The van der Waals surface area contributed by atoms with E-state index in [1.54, 1.807) is 6.20 Å². The number of hydrogen-bond donors (Lipinski definition) is 1. The number of para-hydroxylation sites is 1. The maximum Gasteiger partial charge on any atom is 0.257 e. The molecule has 0 saturated carbocycles. The molecule has 0 spiro atoms. The molecule has 2 saturated heterocycles. The van der Waals surface area contributed by atoms with Crippen molar-refractivity contribution in [2.24, 2.45) is 0 Å². The van der Waals surface area contributed by atoms with E-state index in [9.17, 15) is 4.79 Å². The third kappa shape index (κ3) is 3.27. The second kappa shape index (κ2) is 7.60. The average Bonchev–Trinajstić information content (AvgIpc) is 3.36. The van der Waals surface area contributed by atoms with Crippen LogP contribution in [0, 0.1) is 0 Å². The Morgan fingerprint density at radius 2 is 1.96 bits per heavy atom. The van der Waals surface area contributed by atoms with Crippen molar-refractivity contribution in [3.8, 4) is 5.69 Å². The van der Waals surface area contributed by atoms with Crippen LogP contribution in [0.15, 0.2) is 36.5 Å². The van der Waals surface area contributed by atoms with E-state index in [-0.39, 0.29) is 5.91 Å². The van der Waals surface area contributed by atoms with E-state index in [1.165, 1.54) is 0 Å². The molecule has 2 aromatic rings. The van der Waals surface area contributed by atoms with Gasteiger partial charge in [-0.1, -0.05) is 25.1 Å². The molecule has 0 aliphatic carbocycles. The predicted molar refractivity (Wildman–Crippen MR) is 102 cm³/mol. The molecule has 0 radical (unpaired) electrons. The van der Waals surface area contributed by atoms with Crippen LogP contribution >= 0.6 is 0 Å². The number of piperazine rings is 1. The van der Waals surface area contributed by atoms with Gasteiger partial charge in [-0.25, -0.2) is 4.68 Å². The molecule has 1 aromatic carbocycles. The van der Waals surface area contributed by atoms with Crippen molar-refractivity contribution < 1.29 is 4.79 Å². The molecule has 26 heavy (non-hydrogen) atoms. The van der Waals surface area contributed by atoms with Crippen LogP contribution in [-0.4, -0.2) is 70.8 Å². The number of rotatable bonds is 4. The van der Waals surface area contributed by atoms with E-state index in [4.69, 9.17) is 0 Å². The maximum absolute atomic E-state index is 13.1. The quantitative estimate of drug-likeness (QED) is 0.906. The van der Waals surface area contributed by atoms with Crippen molar-refractivity contribution in [3.05, 3.63) is 47.8 Å². The number of carbonyl (C=O) groups excluding carboxylic acids is 1. The number of carbonyl (C=O) groups is 1. The van der Waals surface area contributed by atoms with Crippen LogP contribution in [0.1, 0.15) is 29.4 Å². The number of hydrogen-bond acceptors (Lipinski definition) is 4. The summed E-state index contributed by atoms with van der Waals surface area (Å²) < 4.78 is 1.90. The van der Waals surface area contributed by atoms with Crippen LogP contribution in [0.3, 0.4) is 0 Å². The lowest BCUT2D eigenvalue weighted by Crippen LogP contribution is -2.49. The summed E-state index contributed by atoms with van der Waals surface area (Å²) in [5.74, 6) is 0.127. The number of nitrogens with one attached hydrogen (secondary N) is 1. The van der Waals surface area contributed by atoms with Gasteiger partial charge in [0, 0.05) is 45.3 Å². The van der Waals surface area contributed by atoms with Crippen LogP contribution in [0.4, 0.5) is 0 Å². The van der Waals surface area contributed by atoms with Gasteiger partial charge in [0.25, 0.3) is 5.91 Å². The molecule has 6 heteroatoms. The second-order valence-corrected chi connectivity index (χ2v) is 7.09. The molecule has 1 aromatic heterocycles. The monoisotopic (exact) mass is 353 g/mol. The summed E-state index contributed by atoms with van der Waals surface area (Å²) in [5, 5.41) is 7.91. The standard InChI is InChI=1S/C20H27N5O/c1-2-19-18(14-22-25(19)16-6-4-3-5-7-16)20(26)24-11-8-17(15-24)23-12-9-21-10-13-23/h3-7,14,17,21H,2,8-13,15H2,1H3. The fourth-order valence-corrected chi connectivity index (χ4v) is 4.13. The largest absolute Gasteiger partial charge is 0.337 e. The van der Waals surface area contributed by atoms with Crippen molar-refractivity contribution in [1.82, 2.24) is 24.9 Å². The van der Waals surface area contributed by atoms with E-state index in [0.29, 0.717) is 6.04 Å². The van der Waals surface area contributed by atoms with Crippen LogP contribution in [0.2, 0.25) is 0 Å². The Balaban J connectivity index is 1.51. The van der Waals surface area contributed by atoms with Gasteiger partial charge in [-0.2, -0.15) is 5.10 Å². The zero-order valence-corrected chi connectivity index (χ0v) is 15.4. The van der Waals surface area contributed by atoms with Crippen molar-refractivity contribution in [3.63, 3.8) is 0 Å². The van der Waals surface area contributed by atoms with E-state index in [2.05, 4.69) is 22.2 Å². The number of aromatic nitrogens is 2. The van der Waals surface area contributed by atoms with E-state index in [1.807, 2.05) is 39.9 Å². The molecule has 2 aliphatic heterocycles. The van der Waals surface area contributed by atoms with Crippen LogP contribution in [-0.2, 0) is 6.42 Å². The smallest absolute Gasteiger partial charge is 0.257 e. The molecule has 4 rings (SSSR count). The fraction of sp³-hybridized carbons (Fsp3) is 0.500. The minimum atomic E-state index is 0.127. The summed E-state index contributed by atoms with van der Waals surface area (Å²) in [6.45, 7) is 8.02. The van der Waals surface area contributed by atoms with Crippen LogP contribution in [0.25, 0.3) is 5.69 Å². The number of benzene rings is 1. The third-order valence-electron chi connectivity index (χ3n) is 5.55. The minimum Gasteiger partial charge on any atom is -0.337 e. The Bertz CT molecular complexity index is 751. The Kier molecular flexibility index (Phi) is 5.04. The molecule has 0 bridgehead atoms. The molecule has 2 aliphatic rings. The highest BCUT2D eigenvalue weighted by Gasteiger charge is 2.32. The zero-order chi connectivity index (χ0) is 17.9. The normalized spacial score (nSPS) is 21.3. The first-order valence-electron chi connectivity index (χ1n) is 9.64. The van der Waals surface area contributed by atoms with Crippen molar-refractivity contribution in [2.45, 2.75) is 25.8 Å². The molecule has 1 atom stereocenters. The molecule has 1 N–H and O–H groups in total. The summed E-state index contributed by atoms with van der Waals surface area (Å²) in [7, 11) is 0. The van der Waals surface area contributed by atoms with Crippen molar-refractivity contribution in [2.75, 3.05) is 39.3 Å². The lowest BCUT2D eigenvalue weighted by molar-refractivity contribution is 0.0772. The molecular formula is C20H27N5O. The molecule has 1 amide bonds. The van der Waals surface area contributed by atoms with Gasteiger partial charge in [-0.15, -0.1) is 0 Å². The highest BCUT2D eigenvalue weighted by atomic mass is 16.2. The van der Waals surface area contributed by atoms with Gasteiger partial charge >= 0.3 is 0 Å². The second-order valence-electron chi connectivity index (χ2n) is 7.09. The average molecular weight is 353 g/mol. The first-order valence-corrected chi connectivity index (χ1v) is 9.64. The molecule has 1 unspecified atom stereocenters. The van der Waals surface area contributed by atoms with E-state index in [0.717, 1.165) is 69.1 Å². The lowest BCUT2D eigenvalue weighted by Gasteiger charge is -2.32. The third-order valence-corrected chi connectivity index (χ3v) is 5.55. The summed E-state index contributed by atoms with van der Waals surface area (Å²) in [5.41, 5.74) is 2.74. The van der Waals surface area contributed by atoms with Crippen molar-refractivity contribution >= 4 is 5.91 Å². The van der Waals surface area contributed by atoms with Gasteiger partial charge in [-0.05, 0) is 25.0 Å². The Hall–Kier alpha value is -2.18. The Morgan fingerprint density at radius 3 is 2.69 bits per heavy atom. The highest BCUT2D eigenvalue weighted by Crippen LogP contribution is 2.22. The summed E-state index contributed by atoms with van der Waals surface area (Å²) in [6, 6.07) is 10.5. The minimum absolute atomic E-state index is 0.127. The van der Waals surface area contributed by atoms with Gasteiger partial charge in [-0.3, -0.25) is 9.69 Å². The van der Waals surface area contributed by atoms with Gasteiger partial charge in [0.1, 0.15) is 0 Å². The van der Waals surface area contributed by atoms with E-state index >= 15 is 0 Å². The van der Waals surface area contributed by atoms with Gasteiger partial charge in [0.2, 0.25) is 0 Å². The summed E-state index contributed by atoms with van der Waals surface area (Å²) in [4.78, 5) is 17.7. The molecular weight excluding hydrogens is 326 g/mol. The molecule has 3 heterocycles. The lowest BCUT2D eigenvalue weighted by atomic mass is 10.1. The first kappa shape index (κ1) is 17.2. The Morgan fingerprint density at radius 1 is 1.19 bits per heavy atom. The molecule has 2 fully saturated rings. The fourth-order valence-electron chi connectivity index (χ4n) is 4.13. The van der Waals surface area contributed by atoms with Crippen LogP contribution < -0.4 is 5.32 Å². The number of likely N-dealkylation sites (tertiary alicyclic amines) is 1. The SMILES string of the molecule is CCc1c(C(=O)N2CCC(N3CCNCC3)C2)cnn1-c1ccccc1. The van der Waals surface area contributed by atoms with E-state index < -0.39 is 0 Å². The van der Waals surface area contributed by atoms with Gasteiger partial charge < -0.3 is 10.2 Å². The van der Waals surface area contributed by atoms with Crippen molar-refractivity contribution in [1.29, 1.82) is 0 Å². The maximum atomic E-state index is 13.1.